The summed E-state index contributed by atoms with van der Waals surface area (Å²) >= 11 is 0. The first kappa shape index (κ1) is 17.7. The third-order valence-corrected chi connectivity index (χ3v) is 6.99. The zero-order valence-electron chi connectivity index (χ0n) is 16.5. The topological polar surface area (TPSA) is 53.9 Å². The van der Waals surface area contributed by atoms with Gasteiger partial charge in [0.05, 0.1) is 6.04 Å². The lowest BCUT2D eigenvalue weighted by molar-refractivity contribution is 0.202. The molecule has 0 amide bonds. The van der Waals surface area contributed by atoms with Crippen LogP contribution in [-0.4, -0.2) is 32.9 Å². The summed E-state index contributed by atoms with van der Waals surface area (Å²) in [4.78, 5) is 16.1. The first-order valence-electron chi connectivity index (χ1n) is 10.7. The summed E-state index contributed by atoms with van der Waals surface area (Å²) in [7, 11) is 0. The number of hydrogen-bond acceptors (Lipinski definition) is 5. The maximum Gasteiger partial charge on any atom is 0.223 e. The van der Waals surface area contributed by atoms with Crippen molar-refractivity contribution in [3.05, 3.63) is 54.1 Å². The first-order chi connectivity index (χ1) is 13.7. The van der Waals surface area contributed by atoms with Crippen LogP contribution in [0.1, 0.15) is 67.8 Å². The summed E-state index contributed by atoms with van der Waals surface area (Å²) in [6, 6.07) is 4.40. The van der Waals surface area contributed by atoms with Crippen molar-refractivity contribution < 1.29 is 0 Å². The molecule has 1 saturated carbocycles. The average Bonchev–Trinajstić information content (AvgIpc) is 3.34. The maximum atomic E-state index is 4.58. The predicted molar refractivity (Wildman–Crippen MR) is 112 cm³/mol. The van der Waals surface area contributed by atoms with Crippen molar-refractivity contribution in [3.63, 3.8) is 0 Å². The number of nitrogens with one attached hydrogen (secondary N) is 1. The number of aryl methyl sites for hydroxylation is 1. The number of hydrogen-bond donors (Lipinski definition) is 1. The van der Waals surface area contributed by atoms with Gasteiger partial charge >= 0.3 is 0 Å². The van der Waals surface area contributed by atoms with Gasteiger partial charge in [-0.1, -0.05) is 31.9 Å². The highest BCUT2D eigenvalue weighted by Gasteiger charge is 2.39. The third-order valence-electron chi connectivity index (χ3n) is 6.99. The van der Waals surface area contributed by atoms with Crippen LogP contribution in [0, 0.1) is 5.41 Å². The molecule has 1 N–H and O–H groups in total. The summed E-state index contributed by atoms with van der Waals surface area (Å²) in [5.74, 6) is 0.684. The van der Waals surface area contributed by atoms with Crippen molar-refractivity contribution >= 4 is 11.6 Å². The lowest BCUT2D eigenvalue weighted by atomic mass is 9.73. The summed E-state index contributed by atoms with van der Waals surface area (Å²) < 4.78 is 0. The van der Waals surface area contributed by atoms with E-state index in [0.29, 0.717) is 11.4 Å². The van der Waals surface area contributed by atoms with Crippen LogP contribution in [0.15, 0.2) is 37.3 Å². The molecule has 0 bridgehead atoms. The van der Waals surface area contributed by atoms with Crippen molar-refractivity contribution in [2.24, 2.45) is 5.41 Å². The van der Waals surface area contributed by atoms with E-state index < -0.39 is 0 Å². The van der Waals surface area contributed by atoms with Crippen LogP contribution in [0.4, 0.5) is 5.95 Å². The second-order valence-electron chi connectivity index (χ2n) is 8.75. The van der Waals surface area contributed by atoms with Crippen LogP contribution in [0.25, 0.3) is 5.70 Å². The molecular weight excluding hydrogens is 346 g/mol. The van der Waals surface area contributed by atoms with Gasteiger partial charge in [0.15, 0.2) is 0 Å². The van der Waals surface area contributed by atoms with Gasteiger partial charge in [-0.3, -0.25) is 4.98 Å². The van der Waals surface area contributed by atoms with Crippen LogP contribution in [-0.2, 0) is 6.42 Å². The zero-order valence-corrected chi connectivity index (χ0v) is 16.5. The van der Waals surface area contributed by atoms with Crippen LogP contribution >= 0.6 is 0 Å². The maximum absolute atomic E-state index is 4.58. The molecule has 146 valence electrons. The van der Waals surface area contributed by atoms with E-state index >= 15 is 0 Å². The Bertz CT molecular complexity index is 854. The van der Waals surface area contributed by atoms with Crippen molar-refractivity contribution in [1.29, 1.82) is 0 Å². The first-order valence-corrected chi connectivity index (χ1v) is 10.7. The smallest absolute Gasteiger partial charge is 0.223 e. The highest BCUT2D eigenvalue weighted by atomic mass is 15.2. The minimum absolute atomic E-state index is 0.252. The molecule has 5 rings (SSSR count). The monoisotopic (exact) mass is 375 g/mol. The summed E-state index contributed by atoms with van der Waals surface area (Å²) in [6.07, 6.45) is 16.0. The quantitative estimate of drug-likeness (QED) is 0.846. The van der Waals surface area contributed by atoms with Gasteiger partial charge < -0.3 is 10.2 Å². The number of likely N-dealkylation sites (tertiary alicyclic amines) is 1. The Morgan fingerprint density at radius 3 is 2.75 bits per heavy atom. The second kappa shape index (κ2) is 7.19. The molecule has 0 radical (unpaired) electrons. The molecule has 1 atom stereocenters. The molecule has 5 nitrogen and oxygen atoms in total. The van der Waals surface area contributed by atoms with E-state index in [4.69, 9.17) is 0 Å². The Morgan fingerprint density at radius 1 is 1.11 bits per heavy atom. The number of aromatic nitrogens is 3. The van der Waals surface area contributed by atoms with E-state index in [1.807, 2.05) is 24.7 Å². The number of anilines is 1. The fourth-order valence-corrected chi connectivity index (χ4v) is 5.33. The molecule has 1 saturated heterocycles. The minimum Gasteiger partial charge on any atom is -0.371 e. The molecular formula is C23H29N5. The lowest BCUT2D eigenvalue weighted by Crippen LogP contribution is -2.28. The summed E-state index contributed by atoms with van der Waals surface area (Å²) in [6.45, 7) is 6.63. The molecule has 2 aliphatic carbocycles. The van der Waals surface area contributed by atoms with Gasteiger partial charge in [-0.05, 0) is 49.1 Å². The lowest BCUT2D eigenvalue weighted by Gasteiger charge is -2.33. The minimum atomic E-state index is 0.252. The Labute approximate surface area is 167 Å². The fraction of sp³-hybridized carbons (Fsp3) is 0.522. The fourth-order valence-electron chi connectivity index (χ4n) is 5.33. The molecule has 0 aromatic carbocycles. The SMILES string of the molecule is C=C(c1cnc(NC2CCc3ncccc32)nc1)N1CCC2(CCCCC2)C1. The second-order valence-corrected chi connectivity index (χ2v) is 8.75. The number of fused-ring (bicyclic) bond motifs is 1. The van der Waals surface area contributed by atoms with Gasteiger partial charge in [0.25, 0.3) is 0 Å². The van der Waals surface area contributed by atoms with Gasteiger partial charge in [0.1, 0.15) is 0 Å². The Morgan fingerprint density at radius 2 is 1.93 bits per heavy atom. The van der Waals surface area contributed by atoms with Crippen LogP contribution in [0.3, 0.4) is 0 Å². The van der Waals surface area contributed by atoms with Crippen LogP contribution in [0.5, 0.6) is 0 Å². The van der Waals surface area contributed by atoms with Gasteiger partial charge in [-0.15, -0.1) is 0 Å². The van der Waals surface area contributed by atoms with E-state index in [1.165, 1.54) is 49.8 Å². The van der Waals surface area contributed by atoms with E-state index in [1.54, 1.807) is 0 Å². The largest absolute Gasteiger partial charge is 0.371 e. The summed E-state index contributed by atoms with van der Waals surface area (Å²) in [5, 5.41) is 3.47. The third kappa shape index (κ3) is 3.27. The molecule has 1 aliphatic heterocycles. The van der Waals surface area contributed by atoms with Gasteiger partial charge in [0, 0.05) is 48.6 Å². The Kier molecular flexibility index (Phi) is 4.53. The van der Waals surface area contributed by atoms with Gasteiger partial charge in [-0.25, -0.2) is 9.97 Å². The number of nitrogens with zero attached hydrogens (tertiary/aromatic N) is 4. The van der Waals surface area contributed by atoms with Gasteiger partial charge in [-0.2, -0.15) is 0 Å². The predicted octanol–water partition coefficient (Wildman–Crippen LogP) is 4.60. The van der Waals surface area contributed by atoms with E-state index in [0.717, 1.165) is 37.2 Å². The molecule has 1 unspecified atom stereocenters. The molecule has 2 fully saturated rings. The molecule has 2 aromatic rings. The van der Waals surface area contributed by atoms with Crippen LogP contribution < -0.4 is 5.32 Å². The van der Waals surface area contributed by atoms with Crippen molar-refractivity contribution in [3.8, 4) is 0 Å². The highest BCUT2D eigenvalue weighted by Crippen LogP contribution is 2.45. The Balaban J connectivity index is 1.24. The summed E-state index contributed by atoms with van der Waals surface area (Å²) in [5.41, 5.74) is 5.11. The number of pyridine rings is 1. The average molecular weight is 376 g/mol. The molecule has 3 aliphatic rings. The van der Waals surface area contributed by atoms with Gasteiger partial charge in [0.2, 0.25) is 5.95 Å². The van der Waals surface area contributed by atoms with Crippen molar-refractivity contribution in [2.45, 2.75) is 57.4 Å². The molecule has 3 heterocycles. The van der Waals surface area contributed by atoms with Crippen LogP contribution in [0.2, 0.25) is 0 Å². The standard InChI is InChI=1S/C23H29N5/c1-17(28-13-11-23(16-28)9-3-2-4-10-23)18-14-25-22(26-15-18)27-21-8-7-20-19(21)6-5-12-24-20/h5-6,12,14-15,21H,1-4,7-11,13,16H2,(H,25,26,27). The number of rotatable bonds is 4. The molecule has 28 heavy (non-hydrogen) atoms. The molecule has 5 heteroatoms. The zero-order chi connectivity index (χ0) is 19.0. The van der Waals surface area contributed by atoms with Crippen molar-refractivity contribution in [1.82, 2.24) is 19.9 Å². The van der Waals surface area contributed by atoms with Crippen molar-refractivity contribution in [2.75, 3.05) is 18.4 Å². The molecule has 2 aromatic heterocycles. The van der Waals surface area contributed by atoms with E-state index in [9.17, 15) is 0 Å². The highest BCUT2D eigenvalue weighted by molar-refractivity contribution is 5.61. The normalized spacial score (nSPS) is 23.0. The Hall–Kier alpha value is -2.43. The van der Waals surface area contributed by atoms with E-state index in [-0.39, 0.29) is 6.04 Å². The molecule has 1 spiro atoms. The van der Waals surface area contributed by atoms with E-state index in [2.05, 4.69) is 37.8 Å².